The number of benzene rings is 3. The fourth-order valence-electron chi connectivity index (χ4n) is 6.86. The van der Waals surface area contributed by atoms with E-state index in [1.54, 1.807) is 25.3 Å². The molecule has 7 nitrogen and oxygen atoms in total. The molecule has 1 aromatic heterocycles. The van der Waals surface area contributed by atoms with Gasteiger partial charge in [0.15, 0.2) is 11.5 Å². The van der Waals surface area contributed by atoms with E-state index in [1.807, 2.05) is 19.1 Å². The summed E-state index contributed by atoms with van der Waals surface area (Å²) in [4.78, 5) is 18.4. The van der Waals surface area contributed by atoms with Crippen molar-refractivity contribution in [2.45, 2.75) is 51.6 Å². The zero-order valence-corrected chi connectivity index (χ0v) is 23.4. The number of oxazole rings is 1. The van der Waals surface area contributed by atoms with Crippen LogP contribution in [0.4, 0.5) is 4.39 Å². The summed E-state index contributed by atoms with van der Waals surface area (Å²) in [5.74, 6) is 2.16. The van der Waals surface area contributed by atoms with Gasteiger partial charge < -0.3 is 19.0 Å². The van der Waals surface area contributed by atoms with Crippen LogP contribution in [0.1, 0.15) is 43.2 Å². The van der Waals surface area contributed by atoms with Crippen molar-refractivity contribution >= 4 is 17.1 Å². The van der Waals surface area contributed by atoms with E-state index in [-0.39, 0.29) is 12.2 Å². The maximum Gasteiger partial charge on any atom is 0.307 e. The molecule has 1 N–H and O–H groups in total. The number of methoxy groups -OCH3 is 1. The number of carboxylic acid groups (broad SMARTS) is 1. The number of likely N-dealkylation sites (tertiary alicyclic amines) is 1. The van der Waals surface area contributed by atoms with Gasteiger partial charge in [-0.15, -0.1) is 0 Å². The molecule has 1 unspecified atom stereocenters. The van der Waals surface area contributed by atoms with Crippen molar-refractivity contribution < 1.29 is 28.2 Å². The van der Waals surface area contributed by atoms with Crippen molar-refractivity contribution in [2.75, 3.05) is 20.3 Å². The molecule has 3 atom stereocenters. The maximum atomic E-state index is 13.6. The smallest absolute Gasteiger partial charge is 0.307 e. The molecule has 41 heavy (non-hydrogen) atoms. The maximum absolute atomic E-state index is 13.6. The second-order valence-electron chi connectivity index (χ2n) is 11.1. The lowest BCUT2D eigenvalue weighted by Crippen LogP contribution is -2.30. The molecular formula is C33H35FN2O5. The first kappa shape index (κ1) is 27.3. The molecule has 2 heterocycles. The lowest BCUT2D eigenvalue weighted by atomic mass is 9.90. The summed E-state index contributed by atoms with van der Waals surface area (Å²) in [6.45, 7) is 4.32. The van der Waals surface area contributed by atoms with E-state index in [0.29, 0.717) is 30.1 Å². The van der Waals surface area contributed by atoms with Gasteiger partial charge in [0.05, 0.1) is 25.7 Å². The quantitative estimate of drug-likeness (QED) is 0.237. The van der Waals surface area contributed by atoms with Crippen molar-refractivity contribution in [3.63, 3.8) is 0 Å². The van der Waals surface area contributed by atoms with Gasteiger partial charge in [0.25, 0.3) is 0 Å². The van der Waals surface area contributed by atoms with Gasteiger partial charge in [-0.05, 0) is 97.7 Å². The lowest BCUT2D eigenvalue weighted by molar-refractivity contribution is -0.136. The summed E-state index contributed by atoms with van der Waals surface area (Å²) in [5, 5.41) is 9.10. The minimum atomic E-state index is -0.854. The summed E-state index contributed by atoms with van der Waals surface area (Å²) in [6.07, 6.45) is 4.19. The van der Waals surface area contributed by atoms with Gasteiger partial charge in [0, 0.05) is 19.0 Å². The van der Waals surface area contributed by atoms with Crippen LogP contribution in [0.3, 0.4) is 0 Å². The number of halogens is 1. The highest BCUT2D eigenvalue weighted by molar-refractivity contribution is 5.78. The van der Waals surface area contributed by atoms with Crippen molar-refractivity contribution in [2.24, 2.45) is 11.8 Å². The predicted octanol–water partition coefficient (Wildman–Crippen LogP) is 6.51. The molecule has 1 aliphatic carbocycles. The van der Waals surface area contributed by atoms with Crippen LogP contribution in [0.2, 0.25) is 0 Å². The van der Waals surface area contributed by atoms with Crippen LogP contribution in [-0.2, 0) is 24.2 Å². The van der Waals surface area contributed by atoms with E-state index in [4.69, 9.17) is 24.0 Å². The van der Waals surface area contributed by atoms with Gasteiger partial charge in [0.2, 0.25) is 0 Å². The average molecular weight is 559 g/mol. The monoisotopic (exact) mass is 558 g/mol. The van der Waals surface area contributed by atoms with Crippen LogP contribution in [0.25, 0.3) is 22.2 Å². The van der Waals surface area contributed by atoms with E-state index in [1.165, 1.54) is 12.1 Å². The molecule has 0 radical (unpaired) electrons. The SMILES string of the molecule is CCOc1cc(CN2CC[C@H]3C(Cc4nc5cc(CC(=O)O)ccc5o4)CC[C@H]32)cc(OC)c1-c1ccc(F)cc1. The molecule has 1 saturated heterocycles. The summed E-state index contributed by atoms with van der Waals surface area (Å²) in [6, 6.07) is 16.5. The first-order chi connectivity index (χ1) is 19.9. The number of fused-ring (bicyclic) bond motifs is 2. The number of carboxylic acids is 1. The number of carbonyl (C=O) groups is 1. The molecule has 3 aromatic carbocycles. The van der Waals surface area contributed by atoms with E-state index in [0.717, 1.165) is 83.9 Å². The summed E-state index contributed by atoms with van der Waals surface area (Å²) < 4.78 is 31.5. The van der Waals surface area contributed by atoms with Crippen LogP contribution in [0.15, 0.2) is 59.0 Å². The second-order valence-corrected chi connectivity index (χ2v) is 11.1. The number of hydrogen-bond donors (Lipinski definition) is 1. The molecule has 214 valence electrons. The van der Waals surface area contributed by atoms with Crippen molar-refractivity contribution in [3.05, 3.63) is 77.4 Å². The molecule has 1 aliphatic heterocycles. The predicted molar refractivity (Wildman–Crippen MR) is 154 cm³/mol. The fourth-order valence-corrected chi connectivity index (χ4v) is 6.86. The highest BCUT2D eigenvalue weighted by Crippen LogP contribution is 2.45. The van der Waals surface area contributed by atoms with E-state index in [9.17, 15) is 9.18 Å². The van der Waals surface area contributed by atoms with E-state index in [2.05, 4.69) is 17.0 Å². The zero-order valence-electron chi connectivity index (χ0n) is 23.4. The highest BCUT2D eigenvalue weighted by Gasteiger charge is 2.44. The molecule has 2 fully saturated rings. The van der Waals surface area contributed by atoms with E-state index < -0.39 is 5.97 Å². The summed E-state index contributed by atoms with van der Waals surface area (Å²) in [7, 11) is 1.66. The molecule has 2 aliphatic rings. The van der Waals surface area contributed by atoms with Gasteiger partial charge in [-0.2, -0.15) is 0 Å². The van der Waals surface area contributed by atoms with Gasteiger partial charge in [-0.3, -0.25) is 9.69 Å². The number of aliphatic carboxylic acids is 1. The first-order valence-electron chi connectivity index (χ1n) is 14.4. The second kappa shape index (κ2) is 11.5. The zero-order chi connectivity index (χ0) is 28.5. The Balaban J connectivity index is 1.17. The molecule has 0 spiro atoms. The van der Waals surface area contributed by atoms with E-state index >= 15 is 0 Å². The third-order valence-corrected chi connectivity index (χ3v) is 8.60. The van der Waals surface area contributed by atoms with Gasteiger partial charge >= 0.3 is 5.97 Å². The minimum absolute atomic E-state index is 0.0206. The number of nitrogens with zero attached hydrogens (tertiary/aromatic N) is 2. The molecule has 0 amide bonds. The Bertz CT molecular complexity index is 1550. The molecule has 8 heteroatoms. The van der Waals surface area contributed by atoms with Crippen molar-refractivity contribution in [1.29, 1.82) is 0 Å². The molecule has 6 rings (SSSR count). The minimum Gasteiger partial charge on any atom is -0.496 e. The average Bonchev–Trinajstić information content (AvgIpc) is 3.65. The van der Waals surface area contributed by atoms with Crippen molar-refractivity contribution in [3.8, 4) is 22.6 Å². The Labute approximate surface area is 238 Å². The topological polar surface area (TPSA) is 85.0 Å². The number of hydrogen-bond acceptors (Lipinski definition) is 6. The van der Waals surface area contributed by atoms with Gasteiger partial charge in [-0.1, -0.05) is 18.2 Å². The van der Waals surface area contributed by atoms with Gasteiger partial charge in [0.1, 0.15) is 22.8 Å². The molecular weight excluding hydrogens is 523 g/mol. The standard InChI is InChI=1S/C33H35FN2O5/c1-3-40-30-16-21(15-29(39-2)33(30)22-5-8-24(34)9-6-22)19-36-13-12-25-23(7-10-27(25)36)18-31-35-26-14-20(17-32(37)38)4-11-28(26)41-31/h4-6,8-9,11,14-16,23,25,27H,3,7,10,12-13,17-19H2,1-2H3,(H,37,38)/t23?,25-,27+/m0/s1. The lowest BCUT2D eigenvalue weighted by Gasteiger charge is -2.25. The summed E-state index contributed by atoms with van der Waals surface area (Å²) >= 11 is 0. The Morgan fingerprint density at radius 3 is 2.63 bits per heavy atom. The fraction of sp³-hybridized carbons (Fsp3) is 0.394. The third-order valence-electron chi connectivity index (χ3n) is 8.60. The Morgan fingerprint density at radius 1 is 1.07 bits per heavy atom. The van der Waals surface area contributed by atoms with Crippen LogP contribution >= 0.6 is 0 Å². The summed E-state index contributed by atoms with van der Waals surface area (Å²) in [5.41, 5.74) is 5.00. The highest BCUT2D eigenvalue weighted by atomic mass is 19.1. The molecule has 4 aromatic rings. The van der Waals surface area contributed by atoms with Crippen LogP contribution < -0.4 is 9.47 Å². The number of aromatic nitrogens is 1. The van der Waals surface area contributed by atoms with Gasteiger partial charge in [-0.25, -0.2) is 9.37 Å². The Morgan fingerprint density at radius 2 is 1.88 bits per heavy atom. The van der Waals surface area contributed by atoms with Crippen LogP contribution in [-0.4, -0.2) is 47.3 Å². The first-order valence-corrected chi connectivity index (χ1v) is 14.4. The molecule has 1 saturated carbocycles. The Hall–Kier alpha value is -3.91. The number of rotatable bonds is 10. The largest absolute Gasteiger partial charge is 0.496 e. The third kappa shape index (κ3) is 5.66. The van der Waals surface area contributed by atoms with Crippen molar-refractivity contribution in [1.82, 2.24) is 9.88 Å². The number of ether oxygens (including phenoxy) is 2. The normalized spacial score (nSPS) is 20.4. The Kier molecular flexibility index (Phi) is 7.67. The van der Waals surface area contributed by atoms with Crippen LogP contribution in [0, 0.1) is 17.7 Å². The molecule has 0 bridgehead atoms. The van der Waals surface area contributed by atoms with Crippen LogP contribution in [0.5, 0.6) is 11.5 Å².